The van der Waals surface area contributed by atoms with Crippen LogP contribution in [0.25, 0.3) is 0 Å². The minimum atomic E-state index is 0.322. The normalized spacial score (nSPS) is 14.9. The largest absolute Gasteiger partial charge is 0.368 e. The van der Waals surface area contributed by atoms with Gasteiger partial charge in [0.2, 0.25) is 5.95 Å². The fourth-order valence-electron chi connectivity index (χ4n) is 1.32. The summed E-state index contributed by atoms with van der Waals surface area (Å²) in [5.41, 5.74) is 5.55. The molecule has 1 aromatic rings. The quantitative estimate of drug-likeness (QED) is 0.646. The molecule has 6 heteroatoms. The van der Waals surface area contributed by atoms with E-state index in [0.717, 1.165) is 23.1 Å². The molecule has 0 amide bonds. The lowest BCUT2D eigenvalue weighted by atomic mass is 10.4. The Labute approximate surface area is 97.5 Å². The van der Waals surface area contributed by atoms with Crippen LogP contribution in [-0.2, 0) is 0 Å². The highest BCUT2D eigenvalue weighted by molar-refractivity contribution is 7.99. The SMILES string of the molecule is Nc1ncc2c(n1)N(C/C=C\CCl)CS2. The van der Waals surface area contributed by atoms with Crippen LogP contribution in [0.1, 0.15) is 0 Å². The third-order valence-corrected chi connectivity index (χ3v) is 3.23. The smallest absolute Gasteiger partial charge is 0.222 e. The number of nitrogens with zero attached hydrogens (tertiary/aromatic N) is 3. The molecule has 4 nitrogen and oxygen atoms in total. The molecule has 2 rings (SSSR count). The van der Waals surface area contributed by atoms with E-state index >= 15 is 0 Å². The Bertz CT molecular complexity index is 382. The van der Waals surface area contributed by atoms with Gasteiger partial charge in [0.15, 0.2) is 0 Å². The number of nitrogens with two attached hydrogens (primary N) is 1. The minimum Gasteiger partial charge on any atom is -0.368 e. The highest BCUT2D eigenvalue weighted by atomic mass is 35.5. The van der Waals surface area contributed by atoms with E-state index in [4.69, 9.17) is 17.3 Å². The van der Waals surface area contributed by atoms with Crippen LogP contribution in [0, 0.1) is 0 Å². The number of fused-ring (bicyclic) bond motifs is 1. The van der Waals surface area contributed by atoms with Crippen LogP contribution >= 0.6 is 23.4 Å². The molecular weight excluding hydrogens is 232 g/mol. The Morgan fingerprint density at radius 1 is 1.60 bits per heavy atom. The predicted molar refractivity (Wildman–Crippen MR) is 64.4 cm³/mol. The van der Waals surface area contributed by atoms with Crippen molar-refractivity contribution in [3.8, 4) is 0 Å². The lowest BCUT2D eigenvalue weighted by Gasteiger charge is -2.14. The van der Waals surface area contributed by atoms with Gasteiger partial charge in [-0.05, 0) is 0 Å². The van der Waals surface area contributed by atoms with Crippen molar-refractivity contribution in [3.63, 3.8) is 0 Å². The van der Waals surface area contributed by atoms with Crippen molar-refractivity contribution >= 4 is 35.1 Å². The number of nitrogen functional groups attached to an aromatic ring is 1. The monoisotopic (exact) mass is 242 g/mol. The Morgan fingerprint density at radius 3 is 3.27 bits per heavy atom. The fraction of sp³-hybridized carbons (Fsp3) is 0.333. The summed E-state index contributed by atoms with van der Waals surface area (Å²) in [7, 11) is 0. The molecule has 2 N–H and O–H groups in total. The fourth-order valence-corrected chi connectivity index (χ4v) is 2.40. The van der Waals surface area contributed by atoms with E-state index in [1.807, 2.05) is 12.2 Å². The van der Waals surface area contributed by atoms with Crippen molar-refractivity contribution in [3.05, 3.63) is 18.3 Å². The van der Waals surface area contributed by atoms with Crippen LogP contribution in [-0.4, -0.2) is 28.3 Å². The van der Waals surface area contributed by atoms with Crippen molar-refractivity contribution in [1.29, 1.82) is 0 Å². The molecule has 1 aliphatic rings. The number of alkyl halides is 1. The van der Waals surface area contributed by atoms with Gasteiger partial charge >= 0.3 is 0 Å². The van der Waals surface area contributed by atoms with E-state index < -0.39 is 0 Å². The standard InChI is InChI=1S/C9H11ClN4S/c10-3-1-2-4-14-6-15-7-5-12-9(11)13-8(7)14/h1-2,5H,3-4,6H2,(H2,11,12,13)/b2-1-. The first-order chi connectivity index (χ1) is 7.31. The van der Waals surface area contributed by atoms with Crippen molar-refractivity contribution in [2.45, 2.75) is 4.90 Å². The molecule has 0 spiro atoms. The van der Waals surface area contributed by atoms with Gasteiger partial charge < -0.3 is 10.6 Å². The minimum absolute atomic E-state index is 0.322. The molecule has 1 aliphatic heterocycles. The van der Waals surface area contributed by atoms with Gasteiger partial charge in [0, 0.05) is 18.6 Å². The first-order valence-electron chi connectivity index (χ1n) is 4.52. The zero-order valence-electron chi connectivity index (χ0n) is 8.06. The molecule has 0 unspecified atom stereocenters. The molecule has 0 saturated heterocycles. The number of thioether (sulfide) groups is 1. The first kappa shape index (κ1) is 10.6. The van der Waals surface area contributed by atoms with Gasteiger partial charge in [-0.25, -0.2) is 4.98 Å². The molecular formula is C9H11ClN4S. The molecule has 15 heavy (non-hydrogen) atoms. The maximum absolute atomic E-state index is 5.56. The molecule has 0 bridgehead atoms. The van der Waals surface area contributed by atoms with Crippen LogP contribution < -0.4 is 10.6 Å². The van der Waals surface area contributed by atoms with Crippen molar-refractivity contribution < 1.29 is 0 Å². The first-order valence-corrected chi connectivity index (χ1v) is 6.04. The molecule has 2 heterocycles. The third-order valence-electron chi connectivity index (χ3n) is 2.01. The summed E-state index contributed by atoms with van der Waals surface area (Å²) in [6, 6.07) is 0. The average molecular weight is 243 g/mol. The molecule has 0 fully saturated rings. The molecule has 80 valence electrons. The van der Waals surface area contributed by atoms with Crippen molar-refractivity contribution in [1.82, 2.24) is 9.97 Å². The second-order valence-corrected chi connectivity index (χ2v) is 4.33. The molecule has 0 atom stereocenters. The number of aromatic nitrogens is 2. The molecule has 0 aromatic carbocycles. The zero-order valence-corrected chi connectivity index (χ0v) is 9.63. The molecule has 0 aliphatic carbocycles. The van der Waals surface area contributed by atoms with Crippen LogP contribution in [0.4, 0.5) is 11.8 Å². The van der Waals surface area contributed by atoms with Gasteiger partial charge in [-0.15, -0.1) is 11.6 Å². The second-order valence-electron chi connectivity index (χ2n) is 3.04. The summed E-state index contributed by atoms with van der Waals surface area (Å²) in [6.45, 7) is 0.809. The maximum atomic E-state index is 5.56. The highest BCUT2D eigenvalue weighted by Crippen LogP contribution is 2.36. The summed E-state index contributed by atoms with van der Waals surface area (Å²) in [4.78, 5) is 11.4. The van der Waals surface area contributed by atoms with Crippen molar-refractivity contribution in [2.24, 2.45) is 0 Å². The number of allylic oxidation sites excluding steroid dienone is 1. The van der Waals surface area contributed by atoms with Gasteiger partial charge in [-0.2, -0.15) is 4.98 Å². The van der Waals surface area contributed by atoms with E-state index in [0.29, 0.717) is 11.8 Å². The van der Waals surface area contributed by atoms with E-state index in [9.17, 15) is 0 Å². The second kappa shape index (κ2) is 4.72. The van der Waals surface area contributed by atoms with Gasteiger partial charge in [-0.3, -0.25) is 0 Å². The molecule has 0 saturated carbocycles. The average Bonchev–Trinajstić information content (AvgIpc) is 2.62. The Kier molecular flexibility index (Phi) is 3.33. The molecule has 0 radical (unpaired) electrons. The number of anilines is 2. The van der Waals surface area contributed by atoms with E-state index in [1.165, 1.54) is 0 Å². The predicted octanol–water partition coefficient (Wildman–Crippen LogP) is 1.72. The highest BCUT2D eigenvalue weighted by Gasteiger charge is 2.20. The van der Waals surface area contributed by atoms with Crippen LogP contribution in [0.2, 0.25) is 0 Å². The Balaban J connectivity index is 2.13. The lowest BCUT2D eigenvalue weighted by Crippen LogP contribution is -2.20. The van der Waals surface area contributed by atoms with Gasteiger partial charge in [0.25, 0.3) is 0 Å². The van der Waals surface area contributed by atoms with Gasteiger partial charge in [0.05, 0.1) is 10.8 Å². The summed E-state index contributed by atoms with van der Waals surface area (Å²) < 4.78 is 0. The summed E-state index contributed by atoms with van der Waals surface area (Å²) in [5.74, 6) is 2.68. The summed E-state index contributed by atoms with van der Waals surface area (Å²) >= 11 is 7.28. The van der Waals surface area contributed by atoms with Crippen LogP contribution in [0.3, 0.4) is 0 Å². The Morgan fingerprint density at radius 2 is 2.47 bits per heavy atom. The van der Waals surface area contributed by atoms with Crippen LogP contribution in [0.15, 0.2) is 23.2 Å². The van der Waals surface area contributed by atoms with Gasteiger partial charge in [0.1, 0.15) is 5.82 Å². The van der Waals surface area contributed by atoms with E-state index in [2.05, 4.69) is 14.9 Å². The van der Waals surface area contributed by atoms with Gasteiger partial charge in [-0.1, -0.05) is 23.9 Å². The topological polar surface area (TPSA) is 55.0 Å². The third kappa shape index (κ3) is 2.35. The number of hydrogen-bond donors (Lipinski definition) is 1. The summed E-state index contributed by atoms with van der Waals surface area (Å²) in [5, 5.41) is 0. The van der Waals surface area contributed by atoms with Crippen LogP contribution in [0.5, 0.6) is 0 Å². The maximum Gasteiger partial charge on any atom is 0.222 e. The molecule has 1 aromatic heterocycles. The van der Waals surface area contributed by atoms with E-state index in [1.54, 1.807) is 18.0 Å². The zero-order chi connectivity index (χ0) is 10.7. The Hall–Kier alpha value is -0.940. The van der Waals surface area contributed by atoms with Crippen molar-refractivity contribution in [2.75, 3.05) is 28.9 Å². The number of hydrogen-bond acceptors (Lipinski definition) is 5. The summed E-state index contributed by atoms with van der Waals surface area (Å²) in [6.07, 6.45) is 5.73. The van der Waals surface area contributed by atoms with E-state index in [-0.39, 0.29) is 0 Å². The number of halogens is 1. The lowest BCUT2D eigenvalue weighted by molar-refractivity contribution is 0.954. The number of rotatable bonds is 3.